The number of hydrogen-bond donors (Lipinski definition) is 1. The quantitative estimate of drug-likeness (QED) is 0.337. The fourth-order valence-electron chi connectivity index (χ4n) is 4.28. The molecule has 0 saturated heterocycles. The van der Waals surface area contributed by atoms with E-state index in [4.69, 9.17) is 4.74 Å². The third kappa shape index (κ3) is 7.38. The van der Waals surface area contributed by atoms with E-state index in [9.17, 15) is 18.0 Å². The lowest BCUT2D eigenvalue weighted by Gasteiger charge is -2.33. The van der Waals surface area contributed by atoms with Gasteiger partial charge in [0.05, 0.1) is 17.2 Å². The number of benzene rings is 3. The minimum Gasteiger partial charge on any atom is -0.492 e. The first-order chi connectivity index (χ1) is 18.7. The molecule has 8 nitrogen and oxygen atoms in total. The number of sulfonamides is 1. The number of rotatable bonds is 13. The molecule has 0 radical (unpaired) electrons. The highest BCUT2D eigenvalue weighted by molar-refractivity contribution is 7.92. The van der Waals surface area contributed by atoms with Gasteiger partial charge in [-0.15, -0.1) is 0 Å². The number of anilines is 1. The number of carbonyl (C=O) groups is 2. The molecular weight excluding hydrogens is 514 g/mol. The first-order valence-electron chi connectivity index (χ1n) is 13.1. The van der Waals surface area contributed by atoms with E-state index in [1.165, 1.54) is 17.0 Å². The number of nitrogens with one attached hydrogen (secondary N) is 1. The van der Waals surface area contributed by atoms with Crippen molar-refractivity contribution in [1.29, 1.82) is 0 Å². The summed E-state index contributed by atoms with van der Waals surface area (Å²) in [5, 5.41) is 2.81. The smallest absolute Gasteiger partial charge is 0.264 e. The molecule has 0 heterocycles. The fourth-order valence-corrected chi connectivity index (χ4v) is 5.71. The van der Waals surface area contributed by atoms with Gasteiger partial charge >= 0.3 is 0 Å². The van der Waals surface area contributed by atoms with Crippen LogP contribution < -0.4 is 14.4 Å². The normalized spacial score (nSPS) is 11.9. The van der Waals surface area contributed by atoms with Crippen LogP contribution in [0.1, 0.15) is 38.3 Å². The molecule has 1 unspecified atom stereocenters. The molecule has 1 N–H and O–H groups in total. The van der Waals surface area contributed by atoms with Crippen LogP contribution in [-0.2, 0) is 26.2 Å². The van der Waals surface area contributed by atoms with Gasteiger partial charge in [-0.05, 0) is 57.0 Å². The Balaban J connectivity index is 2.10. The summed E-state index contributed by atoms with van der Waals surface area (Å²) in [5.41, 5.74) is 1.99. The second-order valence-corrected chi connectivity index (χ2v) is 10.9. The van der Waals surface area contributed by atoms with Gasteiger partial charge in [0.1, 0.15) is 18.3 Å². The van der Waals surface area contributed by atoms with Crippen molar-refractivity contribution in [2.75, 3.05) is 24.0 Å². The number of amides is 2. The highest BCUT2D eigenvalue weighted by Crippen LogP contribution is 2.33. The maximum absolute atomic E-state index is 14.0. The molecule has 208 valence electrons. The Kier molecular flexibility index (Phi) is 10.5. The van der Waals surface area contributed by atoms with E-state index in [1.807, 2.05) is 51.1 Å². The lowest BCUT2D eigenvalue weighted by Crippen LogP contribution is -2.52. The summed E-state index contributed by atoms with van der Waals surface area (Å²) in [6, 6.07) is 21.8. The molecule has 0 fully saturated rings. The Bertz CT molecular complexity index is 1340. The second kappa shape index (κ2) is 13.8. The zero-order chi connectivity index (χ0) is 28.4. The Labute approximate surface area is 231 Å². The van der Waals surface area contributed by atoms with Gasteiger partial charge in [-0.2, -0.15) is 0 Å². The summed E-state index contributed by atoms with van der Waals surface area (Å²) < 4.78 is 34.9. The lowest BCUT2D eigenvalue weighted by atomic mass is 10.1. The Morgan fingerprint density at radius 1 is 0.897 bits per heavy atom. The molecule has 0 aromatic heterocycles. The molecule has 1 atom stereocenters. The largest absolute Gasteiger partial charge is 0.492 e. The van der Waals surface area contributed by atoms with Crippen LogP contribution in [0.5, 0.6) is 5.75 Å². The molecule has 0 aliphatic heterocycles. The number of nitrogens with zero attached hydrogens (tertiary/aromatic N) is 2. The first-order valence-corrected chi connectivity index (χ1v) is 14.6. The summed E-state index contributed by atoms with van der Waals surface area (Å²) >= 11 is 0. The highest BCUT2D eigenvalue weighted by Gasteiger charge is 2.34. The number of likely N-dealkylation sites (N-methyl/N-ethyl adjacent to an activating group) is 1. The van der Waals surface area contributed by atoms with Crippen LogP contribution in [0.15, 0.2) is 83.8 Å². The van der Waals surface area contributed by atoms with Gasteiger partial charge in [0, 0.05) is 13.1 Å². The predicted octanol–water partition coefficient (Wildman–Crippen LogP) is 4.53. The van der Waals surface area contributed by atoms with Gasteiger partial charge in [0.25, 0.3) is 10.0 Å². The number of hydrogen-bond acceptors (Lipinski definition) is 5. The minimum absolute atomic E-state index is 0.0533. The summed E-state index contributed by atoms with van der Waals surface area (Å²) in [5.74, 6) is -0.445. The van der Waals surface area contributed by atoms with Gasteiger partial charge in [-0.3, -0.25) is 13.9 Å². The SMILES string of the molecule is CCNC(=O)C(CC)N(Cc1ccccc1)C(=O)CN(c1ccccc1OCC)S(=O)(=O)c1ccc(C)cc1. The van der Waals surface area contributed by atoms with Crippen LogP contribution in [0, 0.1) is 6.92 Å². The second-order valence-electron chi connectivity index (χ2n) is 9.05. The van der Waals surface area contributed by atoms with Gasteiger partial charge in [-0.1, -0.05) is 67.1 Å². The summed E-state index contributed by atoms with van der Waals surface area (Å²) in [6.07, 6.45) is 0.366. The van der Waals surface area contributed by atoms with Crippen molar-refractivity contribution in [2.45, 2.75) is 51.6 Å². The number of ether oxygens (including phenoxy) is 1. The molecule has 0 aliphatic rings. The minimum atomic E-state index is -4.17. The molecule has 9 heteroatoms. The van der Waals surface area contributed by atoms with Crippen molar-refractivity contribution >= 4 is 27.5 Å². The molecule has 0 bridgehead atoms. The van der Waals surface area contributed by atoms with E-state index in [0.717, 1.165) is 15.4 Å². The van der Waals surface area contributed by atoms with Crippen LogP contribution in [-0.4, -0.2) is 50.9 Å². The molecular formula is C30H37N3O5S. The van der Waals surface area contributed by atoms with Crippen molar-refractivity contribution in [2.24, 2.45) is 0 Å². The van der Waals surface area contributed by atoms with E-state index in [2.05, 4.69) is 5.32 Å². The molecule has 0 spiro atoms. The Hall–Kier alpha value is -3.85. The number of para-hydroxylation sites is 2. The van der Waals surface area contributed by atoms with Crippen LogP contribution in [0.25, 0.3) is 0 Å². The fraction of sp³-hybridized carbons (Fsp3) is 0.333. The van der Waals surface area contributed by atoms with Gasteiger partial charge in [-0.25, -0.2) is 8.42 Å². The topological polar surface area (TPSA) is 96.0 Å². The molecule has 0 aliphatic carbocycles. The van der Waals surface area contributed by atoms with E-state index in [1.54, 1.807) is 43.3 Å². The van der Waals surface area contributed by atoms with Crippen molar-refractivity contribution in [3.8, 4) is 5.75 Å². The van der Waals surface area contributed by atoms with Crippen molar-refractivity contribution in [3.05, 3.63) is 90.0 Å². The van der Waals surface area contributed by atoms with Gasteiger partial charge in [0.15, 0.2) is 0 Å². The van der Waals surface area contributed by atoms with Crippen LogP contribution in [0.2, 0.25) is 0 Å². The van der Waals surface area contributed by atoms with Crippen molar-refractivity contribution < 1.29 is 22.7 Å². The molecule has 3 rings (SSSR count). The Morgan fingerprint density at radius 2 is 1.54 bits per heavy atom. The predicted molar refractivity (Wildman–Crippen MR) is 153 cm³/mol. The monoisotopic (exact) mass is 551 g/mol. The number of carbonyl (C=O) groups excluding carboxylic acids is 2. The maximum atomic E-state index is 14.0. The van der Waals surface area contributed by atoms with Crippen LogP contribution >= 0.6 is 0 Å². The molecule has 2 amide bonds. The van der Waals surface area contributed by atoms with Crippen molar-refractivity contribution in [1.82, 2.24) is 10.2 Å². The summed E-state index contributed by atoms with van der Waals surface area (Å²) in [7, 11) is -4.17. The molecule has 39 heavy (non-hydrogen) atoms. The van der Waals surface area contributed by atoms with E-state index in [-0.39, 0.29) is 23.0 Å². The average Bonchev–Trinajstić information content (AvgIpc) is 2.93. The Morgan fingerprint density at radius 3 is 2.15 bits per heavy atom. The van der Waals surface area contributed by atoms with Gasteiger partial charge < -0.3 is 15.0 Å². The molecule has 0 saturated carbocycles. The summed E-state index contributed by atoms with van der Waals surface area (Å²) in [6.45, 7) is 7.70. The van der Waals surface area contributed by atoms with Crippen LogP contribution in [0.4, 0.5) is 5.69 Å². The third-order valence-corrected chi connectivity index (χ3v) is 8.03. The highest BCUT2D eigenvalue weighted by atomic mass is 32.2. The third-order valence-electron chi connectivity index (χ3n) is 6.25. The standard InChI is InChI=1S/C30H37N3O5S/c1-5-26(30(35)31-6-2)32(21-24-13-9-8-10-14-24)29(34)22-33(27-15-11-12-16-28(27)38-7-3)39(36,37)25-19-17-23(4)18-20-25/h8-20,26H,5-7,21-22H2,1-4H3,(H,31,35). The van der Waals surface area contributed by atoms with Crippen LogP contribution in [0.3, 0.4) is 0 Å². The van der Waals surface area contributed by atoms with E-state index in [0.29, 0.717) is 25.3 Å². The molecule has 3 aromatic carbocycles. The van der Waals surface area contributed by atoms with Gasteiger partial charge in [0.2, 0.25) is 11.8 Å². The first kappa shape index (κ1) is 29.7. The lowest BCUT2D eigenvalue weighted by molar-refractivity contribution is -0.140. The zero-order valence-corrected chi connectivity index (χ0v) is 23.8. The summed E-state index contributed by atoms with van der Waals surface area (Å²) in [4.78, 5) is 28.6. The average molecular weight is 552 g/mol. The zero-order valence-electron chi connectivity index (χ0n) is 23.0. The van der Waals surface area contributed by atoms with Crippen molar-refractivity contribution in [3.63, 3.8) is 0 Å². The maximum Gasteiger partial charge on any atom is 0.264 e. The van der Waals surface area contributed by atoms with E-state index >= 15 is 0 Å². The number of aryl methyl sites for hydroxylation is 1. The van der Waals surface area contributed by atoms with E-state index < -0.39 is 28.5 Å². The molecule has 3 aromatic rings.